The molecule has 1 aromatic carbocycles. The maximum atomic E-state index is 13.2. The molecule has 1 N–H and O–H groups in total. The Morgan fingerprint density at radius 2 is 2.08 bits per heavy atom. The molecule has 2 heterocycles. The number of amides is 2. The molecule has 0 saturated carbocycles. The molecule has 25 heavy (non-hydrogen) atoms. The monoisotopic (exact) mass is 346 g/mol. The summed E-state index contributed by atoms with van der Waals surface area (Å²) in [5, 5.41) is 6.91. The fraction of sp³-hybridized carbons (Fsp3) is 0.353. The van der Waals surface area contributed by atoms with Gasteiger partial charge in [0, 0.05) is 25.9 Å². The van der Waals surface area contributed by atoms with E-state index in [1.807, 2.05) is 6.92 Å². The number of nitrogens with zero attached hydrogens (tertiary/aromatic N) is 3. The highest BCUT2D eigenvalue weighted by molar-refractivity contribution is 5.95. The molecule has 1 aliphatic heterocycles. The molecule has 0 unspecified atom stereocenters. The van der Waals surface area contributed by atoms with E-state index >= 15 is 0 Å². The van der Waals surface area contributed by atoms with Crippen LogP contribution in [0.1, 0.15) is 18.5 Å². The molecule has 3 rings (SSSR count). The average Bonchev–Trinajstić information content (AvgIpc) is 3.05. The molecule has 1 fully saturated rings. The molecule has 1 saturated heterocycles. The van der Waals surface area contributed by atoms with Gasteiger partial charge in [-0.15, -0.1) is 0 Å². The number of morpholine rings is 1. The van der Waals surface area contributed by atoms with Gasteiger partial charge in [0.15, 0.2) is 11.9 Å². The minimum atomic E-state index is -0.917. The molecule has 2 atom stereocenters. The minimum absolute atomic E-state index is 0.185. The van der Waals surface area contributed by atoms with Crippen LogP contribution in [0.5, 0.6) is 0 Å². The summed E-state index contributed by atoms with van der Waals surface area (Å²) < 4.78 is 20.4. The van der Waals surface area contributed by atoms with Crippen LogP contribution in [0.3, 0.4) is 0 Å². The SMILES string of the molecule is CCn1ccc(NC(=O)[C@@H]2OCC(=O)N(C)[C@@H]2c2ccc(F)cc2)n1. The number of benzene rings is 1. The highest BCUT2D eigenvalue weighted by Gasteiger charge is 2.40. The second-order valence-corrected chi connectivity index (χ2v) is 5.78. The maximum absolute atomic E-state index is 13.2. The van der Waals surface area contributed by atoms with Crippen molar-refractivity contribution in [2.24, 2.45) is 0 Å². The lowest BCUT2D eigenvalue weighted by atomic mass is 9.97. The lowest BCUT2D eigenvalue weighted by molar-refractivity contribution is -0.160. The summed E-state index contributed by atoms with van der Waals surface area (Å²) in [5.74, 6) is -0.628. The zero-order valence-electron chi connectivity index (χ0n) is 14.0. The largest absolute Gasteiger partial charge is 0.356 e. The van der Waals surface area contributed by atoms with Gasteiger partial charge in [-0.25, -0.2) is 4.39 Å². The predicted molar refractivity (Wildman–Crippen MR) is 88.2 cm³/mol. The second kappa shape index (κ2) is 7.02. The first-order valence-corrected chi connectivity index (χ1v) is 7.96. The van der Waals surface area contributed by atoms with Crippen LogP contribution in [0.25, 0.3) is 0 Å². The molecule has 0 aliphatic carbocycles. The topological polar surface area (TPSA) is 76.5 Å². The molecule has 1 aromatic heterocycles. The smallest absolute Gasteiger partial charge is 0.257 e. The molecular formula is C17H19FN4O3. The van der Waals surface area contributed by atoms with E-state index in [9.17, 15) is 14.0 Å². The standard InChI is InChI=1S/C17H19FN4O3/c1-3-22-9-8-13(20-22)19-17(24)16-15(21(2)14(23)10-25-16)11-4-6-12(18)7-5-11/h4-9,15-16H,3,10H2,1-2H3,(H,19,20,24)/t15-,16-/m1/s1. The fourth-order valence-electron chi connectivity index (χ4n) is 2.79. The first-order valence-electron chi connectivity index (χ1n) is 7.96. The number of likely N-dealkylation sites (N-methyl/N-ethyl adjacent to an activating group) is 1. The van der Waals surface area contributed by atoms with Crippen molar-refractivity contribution < 1.29 is 18.7 Å². The lowest BCUT2D eigenvalue weighted by Gasteiger charge is -2.38. The van der Waals surface area contributed by atoms with E-state index in [0.29, 0.717) is 17.9 Å². The van der Waals surface area contributed by atoms with Crippen molar-refractivity contribution in [2.75, 3.05) is 19.0 Å². The Morgan fingerprint density at radius 3 is 2.72 bits per heavy atom. The summed E-state index contributed by atoms with van der Waals surface area (Å²) in [6.07, 6.45) is 0.838. The number of carbonyl (C=O) groups excluding carboxylic acids is 2. The average molecular weight is 346 g/mol. The molecule has 8 heteroatoms. The summed E-state index contributed by atoms with van der Waals surface area (Å²) in [4.78, 5) is 26.1. The van der Waals surface area contributed by atoms with Crippen LogP contribution in [0, 0.1) is 5.82 Å². The summed E-state index contributed by atoms with van der Waals surface area (Å²) >= 11 is 0. The van der Waals surface area contributed by atoms with E-state index in [1.54, 1.807) is 36.1 Å². The van der Waals surface area contributed by atoms with Crippen molar-refractivity contribution in [3.63, 3.8) is 0 Å². The normalized spacial score (nSPS) is 20.6. The predicted octanol–water partition coefficient (Wildman–Crippen LogP) is 1.58. The fourth-order valence-corrected chi connectivity index (χ4v) is 2.79. The summed E-state index contributed by atoms with van der Waals surface area (Å²) in [5.41, 5.74) is 0.621. The number of carbonyl (C=O) groups is 2. The Kier molecular flexibility index (Phi) is 4.80. The second-order valence-electron chi connectivity index (χ2n) is 5.78. The Bertz CT molecular complexity index is 774. The van der Waals surface area contributed by atoms with Crippen molar-refractivity contribution >= 4 is 17.6 Å². The third kappa shape index (κ3) is 3.53. The number of nitrogens with one attached hydrogen (secondary N) is 1. The number of hydrogen-bond donors (Lipinski definition) is 1. The third-order valence-corrected chi connectivity index (χ3v) is 4.17. The molecule has 1 aliphatic rings. The van der Waals surface area contributed by atoms with E-state index in [1.165, 1.54) is 17.0 Å². The number of ether oxygens (including phenoxy) is 1. The van der Waals surface area contributed by atoms with Gasteiger partial charge < -0.3 is 15.0 Å². The van der Waals surface area contributed by atoms with Crippen LogP contribution in [0.15, 0.2) is 36.5 Å². The first kappa shape index (κ1) is 17.1. The molecular weight excluding hydrogens is 327 g/mol. The van der Waals surface area contributed by atoms with Crippen LogP contribution in [0.2, 0.25) is 0 Å². The number of aromatic nitrogens is 2. The Hall–Kier alpha value is -2.74. The van der Waals surface area contributed by atoms with Gasteiger partial charge in [0.1, 0.15) is 12.4 Å². The van der Waals surface area contributed by atoms with Gasteiger partial charge in [0.25, 0.3) is 5.91 Å². The Balaban J connectivity index is 1.84. The quantitative estimate of drug-likeness (QED) is 0.912. The van der Waals surface area contributed by atoms with Gasteiger partial charge in [-0.1, -0.05) is 12.1 Å². The Morgan fingerprint density at radius 1 is 1.36 bits per heavy atom. The van der Waals surface area contributed by atoms with Crippen LogP contribution in [0.4, 0.5) is 10.2 Å². The lowest BCUT2D eigenvalue weighted by Crippen LogP contribution is -2.51. The van der Waals surface area contributed by atoms with Gasteiger partial charge in [-0.2, -0.15) is 5.10 Å². The van der Waals surface area contributed by atoms with Crippen molar-refractivity contribution in [3.05, 3.63) is 47.9 Å². The van der Waals surface area contributed by atoms with Crippen LogP contribution in [-0.2, 0) is 20.9 Å². The van der Waals surface area contributed by atoms with E-state index in [4.69, 9.17) is 4.74 Å². The van der Waals surface area contributed by atoms with Gasteiger partial charge >= 0.3 is 0 Å². The van der Waals surface area contributed by atoms with Gasteiger partial charge in [-0.3, -0.25) is 14.3 Å². The van der Waals surface area contributed by atoms with Crippen LogP contribution < -0.4 is 5.32 Å². The van der Waals surface area contributed by atoms with Gasteiger partial charge in [-0.05, 0) is 24.6 Å². The summed E-state index contributed by atoms with van der Waals surface area (Å²) in [6, 6.07) is 6.72. The zero-order chi connectivity index (χ0) is 18.0. The number of aryl methyl sites for hydroxylation is 1. The van der Waals surface area contributed by atoms with Crippen molar-refractivity contribution in [1.82, 2.24) is 14.7 Å². The van der Waals surface area contributed by atoms with E-state index in [0.717, 1.165) is 0 Å². The molecule has 7 nitrogen and oxygen atoms in total. The number of rotatable bonds is 4. The molecule has 2 aromatic rings. The number of hydrogen-bond acceptors (Lipinski definition) is 4. The highest BCUT2D eigenvalue weighted by Crippen LogP contribution is 2.30. The highest BCUT2D eigenvalue weighted by atomic mass is 19.1. The zero-order valence-corrected chi connectivity index (χ0v) is 14.0. The third-order valence-electron chi connectivity index (χ3n) is 4.17. The molecule has 0 spiro atoms. The van der Waals surface area contributed by atoms with Crippen molar-refractivity contribution in [1.29, 1.82) is 0 Å². The molecule has 0 bridgehead atoms. The van der Waals surface area contributed by atoms with Gasteiger partial charge in [0.2, 0.25) is 5.91 Å². The van der Waals surface area contributed by atoms with Crippen molar-refractivity contribution in [3.8, 4) is 0 Å². The molecule has 0 radical (unpaired) electrons. The van der Waals surface area contributed by atoms with E-state index in [2.05, 4.69) is 10.4 Å². The summed E-state index contributed by atoms with van der Waals surface area (Å²) in [7, 11) is 1.60. The minimum Gasteiger partial charge on any atom is -0.356 e. The summed E-state index contributed by atoms with van der Waals surface area (Å²) in [6.45, 7) is 2.44. The van der Waals surface area contributed by atoms with Gasteiger partial charge in [0.05, 0.1) is 6.04 Å². The molecule has 132 valence electrons. The number of anilines is 1. The van der Waals surface area contributed by atoms with E-state index in [-0.39, 0.29) is 18.3 Å². The molecule has 2 amide bonds. The Labute approximate surface area is 144 Å². The first-order chi connectivity index (χ1) is 12.0. The maximum Gasteiger partial charge on any atom is 0.257 e. The van der Waals surface area contributed by atoms with E-state index < -0.39 is 18.1 Å². The number of halogens is 1. The van der Waals surface area contributed by atoms with Crippen LogP contribution in [-0.4, -0.2) is 46.3 Å². The van der Waals surface area contributed by atoms with Crippen LogP contribution >= 0.6 is 0 Å². The van der Waals surface area contributed by atoms with Crippen molar-refractivity contribution in [2.45, 2.75) is 25.6 Å².